The lowest BCUT2D eigenvalue weighted by Gasteiger charge is -2.56. The zero-order chi connectivity index (χ0) is 21.3. The van der Waals surface area contributed by atoms with Crippen LogP contribution >= 0.6 is 15.9 Å². The molecule has 1 aromatic rings. The average molecular weight is 476 g/mol. The van der Waals surface area contributed by atoms with Crippen LogP contribution in [0.15, 0.2) is 27.8 Å². The number of hydrogen-bond donors (Lipinski definition) is 2. The molecule has 4 aliphatic carbocycles. The van der Waals surface area contributed by atoms with Crippen molar-refractivity contribution in [3.63, 3.8) is 0 Å². The van der Waals surface area contributed by atoms with Crippen LogP contribution in [0.5, 0.6) is 5.75 Å². The number of hydrazone groups is 1. The van der Waals surface area contributed by atoms with E-state index in [4.69, 9.17) is 4.74 Å². The highest BCUT2D eigenvalue weighted by Gasteiger charge is 2.51. The van der Waals surface area contributed by atoms with Gasteiger partial charge in [0.15, 0.2) is 6.61 Å². The van der Waals surface area contributed by atoms with Crippen LogP contribution in [0.3, 0.4) is 0 Å². The quantitative estimate of drug-likeness (QED) is 0.459. The lowest BCUT2D eigenvalue weighted by atomic mass is 9.53. The first kappa shape index (κ1) is 21.3. The largest absolute Gasteiger partial charge is 0.483 e. The Hall–Kier alpha value is -1.89. The van der Waals surface area contributed by atoms with E-state index in [1.54, 1.807) is 6.92 Å². The number of ether oxygens (including phenoxy) is 1. The van der Waals surface area contributed by atoms with Crippen molar-refractivity contribution in [2.24, 2.45) is 22.9 Å². The lowest BCUT2D eigenvalue weighted by molar-refractivity contribution is -0.126. The summed E-state index contributed by atoms with van der Waals surface area (Å²) in [5.74, 6) is 2.62. The first-order valence-electron chi connectivity index (χ1n) is 10.8. The third-order valence-electron chi connectivity index (χ3n) is 6.68. The van der Waals surface area contributed by atoms with Gasteiger partial charge in [-0.25, -0.2) is 5.43 Å². The number of nitrogens with one attached hydrogen (secondary N) is 2. The van der Waals surface area contributed by atoms with E-state index in [1.807, 2.05) is 25.1 Å². The first-order valence-corrected chi connectivity index (χ1v) is 11.6. The monoisotopic (exact) mass is 475 g/mol. The number of aryl methyl sites for hydroxylation is 1. The van der Waals surface area contributed by atoms with Crippen LogP contribution in [-0.2, 0) is 9.59 Å². The molecule has 5 rings (SSSR count). The molecule has 2 amide bonds. The molecule has 4 fully saturated rings. The van der Waals surface area contributed by atoms with E-state index in [0.29, 0.717) is 11.5 Å². The SMILES string of the molecule is C/C(CC(=O)NC12CC3CC(CC(C3)C1)C2)=N\NC(=O)COc1ccc(C)cc1Br. The molecule has 30 heavy (non-hydrogen) atoms. The van der Waals surface area contributed by atoms with Gasteiger partial charge in [0.1, 0.15) is 5.75 Å². The molecule has 1 aromatic carbocycles. The number of amides is 2. The van der Waals surface area contributed by atoms with E-state index >= 15 is 0 Å². The number of halogens is 1. The van der Waals surface area contributed by atoms with Crippen LogP contribution in [-0.4, -0.2) is 29.7 Å². The highest BCUT2D eigenvalue weighted by molar-refractivity contribution is 9.10. The van der Waals surface area contributed by atoms with Gasteiger partial charge in [-0.15, -0.1) is 0 Å². The number of benzene rings is 1. The van der Waals surface area contributed by atoms with Crippen molar-refractivity contribution in [3.8, 4) is 5.75 Å². The maximum Gasteiger partial charge on any atom is 0.277 e. The summed E-state index contributed by atoms with van der Waals surface area (Å²) in [5.41, 5.74) is 4.17. The second-order valence-electron chi connectivity index (χ2n) is 9.53. The molecule has 0 atom stereocenters. The Balaban J connectivity index is 1.23. The average Bonchev–Trinajstić information content (AvgIpc) is 2.64. The highest BCUT2D eigenvalue weighted by atomic mass is 79.9. The van der Waals surface area contributed by atoms with Gasteiger partial charge < -0.3 is 10.1 Å². The minimum atomic E-state index is -0.358. The maximum absolute atomic E-state index is 12.6. The van der Waals surface area contributed by atoms with Gasteiger partial charge in [-0.1, -0.05) is 6.07 Å². The Morgan fingerprint density at radius 3 is 2.37 bits per heavy atom. The summed E-state index contributed by atoms with van der Waals surface area (Å²) in [6, 6.07) is 5.66. The molecule has 0 saturated heterocycles. The van der Waals surface area contributed by atoms with Gasteiger partial charge in [-0.05, 0) is 104 Å². The standard InChI is InChI=1S/C23H30BrN3O3/c1-14-3-4-20(19(24)5-14)30-13-22(29)27-26-15(2)6-21(28)25-23-10-16-7-17(11-23)9-18(8-16)12-23/h3-5,16-18H,6-13H2,1-2H3,(H,25,28)(H,27,29)/b26-15+. The number of rotatable bonds is 7. The molecule has 0 unspecified atom stereocenters. The third kappa shape index (κ3) is 5.05. The smallest absolute Gasteiger partial charge is 0.277 e. The molecule has 0 aromatic heterocycles. The maximum atomic E-state index is 12.6. The van der Waals surface area contributed by atoms with Gasteiger partial charge in [0.05, 0.1) is 10.9 Å². The van der Waals surface area contributed by atoms with Crippen LogP contribution < -0.4 is 15.5 Å². The summed E-state index contributed by atoms with van der Waals surface area (Å²) in [7, 11) is 0. The van der Waals surface area contributed by atoms with E-state index in [1.165, 1.54) is 19.3 Å². The zero-order valence-electron chi connectivity index (χ0n) is 17.7. The Kier molecular flexibility index (Phi) is 6.19. The Labute approximate surface area is 186 Å². The van der Waals surface area contributed by atoms with Crippen LogP contribution in [0.25, 0.3) is 0 Å². The van der Waals surface area contributed by atoms with E-state index in [-0.39, 0.29) is 30.4 Å². The molecule has 0 heterocycles. The van der Waals surface area contributed by atoms with E-state index in [9.17, 15) is 9.59 Å². The highest BCUT2D eigenvalue weighted by Crippen LogP contribution is 2.55. The number of nitrogens with zero attached hydrogens (tertiary/aromatic N) is 1. The summed E-state index contributed by atoms with van der Waals surface area (Å²) in [4.78, 5) is 24.6. The van der Waals surface area contributed by atoms with Gasteiger partial charge in [0, 0.05) is 11.3 Å². The number of carbonyl (C=O) groups excluding carboxylic acids is 2. The predicted octanol–water partition coefficient (Wildman–Crippen LogP) is 4.10. The van der Waals surface area contributed by atoms with Crippen LogP contribution in [0.1, 0.15) is 57.4 Å². The van der Waals surface area contributed by atoms with Crippen molar-refractivity contribution in [2.75, 3.05) is 6.61 Å². The van der Waals surface area contributed by atoms with E-state index < -0.39 is 0 Å². The summed E-state index contributed by atoms with van der Waals surface area (Å²) in [5, 5.41) is 7.41. The fraction of sp³-hybridized carbons (Fsp3) is 0.609. The molecular weight excluding hydrogens is 446 g/mol. The number of hydrogen-bond acceptors (Lipinski definition) is 4. The van der Waals surface area contributed by atoms with Crippen molar-refractivity contribution in [1.29, 1.82) is 0 Å². The second-order valence-corrected chi connectivity index (χ2v) is 10.4. The Morgan fingerprint density at radius 2 is 1.77 bits per heavy atom. The van der Waals surface area contributed by atoms with Crippen molar-refractivity contribution < 1.29 is 14.3 Å². The number of carbonyl (C=O) groups is 2. The van der Waals surface area contributed by atoms with Gasteiger partial charge in [-0.3, -0.25) is 9.59 Å². The summed E-state index contributed by atoms with van der Waals surface area (Å²) < 4.78 is 6.32. The minimum Gasteiger partial charge on any atom is -0.483 e. The van der Waals surface area contributed by atoms with Gasteiger partial charge in [0.25, 0.3) is 5.91 Å². The fourth-order valence-electron chi connectivity index (χ4n) is 5.93. The molecule has 4 aliphatic rings. The van der Waals surface area contributed by atoms with Crippen LogP contribution in [0.4, 0.5) is 0 Å². The van der Waals surface area contributed by atoms with E-state index in [0.717, 1.165) is 47.1 Å². The summed E-state index contributed by atoms with van der Waals surface area (Å²) in [6.07, 6.45) is 7.64. The van der Waals surface area contributed by atoms with E-state index in [2.05, 4.69) is 31.8 Å². The molecule has 2 N–H and O–H groups in total. The fourth-order valence-corrected chi connectivity index (χ4v) is 6.54. The van der Waals surface area contributed by atoms with Crippen LogP contribution in [0, 0.1) is 24.7 Å². The Bertz CT molecular complexity index is 832. The van der Waals surface area contributed by atoms with Crippen molar-refractivity contribution in [1.82, 2.24) is 10.7 Å². The van der Waals surface area contributed by atoms with Gasteiger partial charge in [0.2, 0.25) is 5.91 Å². The molecule has 6 nitrogen and oxygen atoms in total. The summed E-state index contributed by atoms with van der Waals surface area (Å²) in [6.45, 7) is 3.60. The minimum absolute atomic E-state index is 0.00459. The zero-order valence-corrected chi connectivity index (χ0v) is 19.3. The Morgan fingerprint density at radius 1 is 1.13 bits per heavy atom. The molecule has 7 heteroatoms. The second kappa shape index (κ2) is 8.69. The molecule has 162 valence electrons. The normalized spacial score (nSPS) is 29.6. The predicted molar refractivity (Wildman–Crippen MR) is 119 cm³/mol. The molecule has 0 spiro atoms. The molecular formula is C23H30BrN3O3. The van der Waals surface area contributed by atoms with Crippen molar-refractivity contribution in [3.05, 3.63) is 28.2 Å². The van der Waals surface area contributed by atoms with Gasteiger partial charge in [-0.2, -0.15) is 5.10 Å². The summed E-state index contributed by atoms with van der Waals surface area (Å²) >= 11 is 3.42. The van der Waals surface area contributed by atoms with Gasteiger partial charge >= 0.3 is 0 Å². The van der Waals surface area contributed by atoms with Crippen molar-refractivity contribution in [2.45, 2.75) is 64.3 Å². The third-order valence-corrected chi connectivity index (χ3v) is 7.30. The first-order chi connectivity index (χ1) is 14.3. The molecule has 0 radical (unpaired) electrons. The van der Waals surface area contributed by atoms with Crippen molar-refractivity contribution >= 4 is 33.5 Å². The molecule has 4 bridgehead atoms. The van der Waals surface area contributed by atoms with Crippen LogP contribution in [0.2, 0.25) is 0 Å². The topological polar surface area (TPSA) is 79.8 Å². The molecule has 4 saturated carbocycles. The molecule has 0 aliphatic heterocycles. The lowest BCUT2D eigenvalue weighted by Crippen LogP contribution is -2.60.